The van der Waals surface area contributed by atoms with Crippen molar-refractivity contribution in [2.45, 2.75) is 110 Å². The summed E-state index contributed by atoms with van der Waals surface area (Å²) < 4.78 is 28.4. The van der Waals surface area contributed by atoms with E-state index in [0.717, 1.165) is 52.6 Å². The average Bonchev–Trinajstić information content (AvgIpc) is 0.968. The number of pyridine rings is 4. The molecule has 4 aromatic heterocycles. The van der Waals surface area contributed by atoms with Crippen LogP contribution >= 0.6 is 0 Å². The molecule has 0 aliphatic carbocycles. The lowest BCUT2D eigenvalue weighted by Crippen LogP contribution is -2.51. The van der Waals surface area contributed by atoms with Crippen LogP contribution in [0.5, 0.6) is 0 Å². The van der Waals surface area contributed by atoms with Gasteiger partial charge in [-0.1, -0.05) is 74.5 Å². The number of ether oxygens (including phenoxy) is 5. The van der Waals surface area contributed by atoms with Gasteiger partial charge in [0.25, 0.3) is 11.8 Å². The lowest BCUT2D eigenvalue weighted by Gasteiger charge is -2.39. The number of carbonyl (C=O) groups excluding carboxylic acids is 5. The van der Waals surface area contributed by atoms with Gasteiger partial charge in [-0.2, -0.15) is 0 Å². The van der Waals surface area contributed by atoms with E-state index >= 15 is 0 Å². The number of carbonyl (C=O) groups is 5. The van der Waals surface area contributed by atoms with Gasteiger partial charge in [0, 0.05) is 67.8 Å². The van der Waals surface area contributed by atoms with E-state index in [4.69, 9.17) is 39.4 Å². The fraction of sp³-hybridized carbons (Fsp3) is 0.386. The molecule has 7 N–H and O–H groups in total. The number of piperidine rings is 2. The van der Waals surface area contributed by atoms with Gasteiger partial charge in [-0.25, -0.2) is 24.4 Å². The summed E-state index contributed by atoms with van der Waals surface area (Å²) in [7, 11) is 0. The number of rotatable bonds is 16. The standard InChI is InChI=1S/C70H80N12O10/c1-42-28-52(74-67(86)91-69(3,4)5)39-81(37-42)61-17-23-73-36-59(61)79-65(84)63-57(33-51-15-13-49(32-56(51)77-63)47-20-26-89-27-21-47)80-66(85)90-41-45-10-8-44(9-11-45)34-70(6,7)92-68(87)75-53-29-43(2)38-82(40-53)60-16-22-72-35-58(60)78-64(83)62-54(71)30-50-14-12-48(31-55(50)76-62)46-18-24-88-25-19-46/h8-18,20,22-23,30-33,35-36,42-43,52-53H,19,21,24-29,34,37-41,71H2,1-7H3,(H,74,86)(H,75,87)(H,78,83)(H,79,84)(H,80,85). The Balaban J connectivity index is 0.704. The van der Waals surface area contributed by atoms with Gasteiger partial charge in [0.05, 0.1) is 84.0 Å². The first-order chi connectivity index (χ1) is 44.1. The molecule has 22 nitrogen and oxygen atoms in total. The monoisotopic (exact) mass is 1250 g/mol. The predicted octanol–water partition coefficient (Wildman–Crippen LogP) is 11.7. The number of alkyl carbamates (subject to hydrolysis) is 2. The Morgan fingerprint density at radius 2 is 1.10 bits per heavy atom. The average molecular weight is 1250 g/mol. The molecule has 4 atom stereocenters. The van der Waals surface area contributed by atoms with Gasteiger partial charge in [0.15, 0.2) is 11.4 Å². The van der Waals surface area contributed by atoms with Crippen molar-refractivity contribution in [3.63, 3.8) is 0 Å². The number of aromatic nitrogens is 4. The lowest BCUT2D eigenvalue weighted by atomic mass is 9.95. The normalized spacial score (nSPS) is 18.6. The molecule has 3 aromatic carbocycles. The molecule has 4 unspecified atom stereocenters. The van der Waals surface area contributed by atoms with E-state index in [1.54, 1.807) is 36.9 Å². The highest BCUT2D eigenvalue weighted by atomic mass is 16.6. The van der Waals surface area contributed by atoms with Crippen LogP contribution in [0.15, 0.2) is 122 Å². The van der Waals surface area contributed by atoms with Gasteiger partial charge in [-0.05, 0) is 142 Å². The van der Waals surface area contributed by atoms with Crippen molar-refractivity contribution in [3.8, 4) is 0 Å². The Morgan fingerprint density at radius 3 is 1.63 bits per heavy atom. The van der Waals surface area contributed by atoms with Crippen LogP contribution < -0.4 is 42.1 Å². The van der Waals surface area contributed by atoms with Gasteiger partial charge < -0.3 is 60.5 Å². The number of fused-ring (bicyclic) bond motifs is 2. The smallest absolute Gasteiger partial charge is 0.412 e. The zero-order valence-electron chi connectivity index (χ0n) is 53.1. The molecule has 0 radical (unpaired) electrons. The van der Waals surface area contributed by atoms with Crippen molar-refractivity contribution in [2.75, 3.05) is 84.1 Å². The number of anilines is 6. The van der Waals surface area contributed by atoms with Crippen molar-refractivity contribution < 1.29 is 47.7 Å². The van der Waals surface area contributed by atoms with Gasteiger partial charge in [-0.15, -0.1) is 0 Å². The maximum atomic E-state index is 14.6. The summed E-state index contributed by atoms with van der Waals surface area (Å²) >= 11 is 0. The van der Waals surface area contributed by atoms with Crippen molar-refractivity contribution in [3.05, 3.63) is 156 Å². The van der Waals surface area contributed by atoms with Gasteiger partial charge in [0.1, 0.15) is 17.8 Å². The number of hydrogen-bond donors (Lipinski definition) is 6. The van der Waals surface area contributed by atoms with E-state index in [1.165, 1.54) is 5.57 Å². The molecule has 480 valence electrons. The molecular formula is C70H80N12O10. The molecule has 0 spiro atoms. The molecule has 2 saturated heterocycles. The summed E-state index contributed by atoms with van der Waals surface area (Å²) in [5.41, 5.74) is 14.7. The first kappa shape index (κ1) is 63.9. The fourth-order valence-corrected chi connectivity index (χ4v) is 12.5. The van der Waals surface area contributed by atoms with Crippen molar-refractivity contribution in [1.29, 1.82) is 0 Å². The van der Waals surface area contributed by atoms with Crippen LogP contribution in [0.25, 0.3) is 33.0 Å². The Morgan fingerprint density at radius 1 is 0.587 bits per heavy atom. The van der Waals surface area contributed by atoms with Gasteiger partial charge >= 0.3 is 18.3 Å². The number of nitrogens with zero attached hydrogens (tertiary/aromatic N) is 6. The summed E-state index contributed by atoms with van der Waals surface area (Å²) in [5.74, 6) is -0.682. The zero-order valence-corrected chi connectivity index (χ0v) is 53.1. The Bertz CT molecular complexity index is 3980. The first-order valence-electron chi connectivity index (χ1n) is 31.3. The van der Waals surface area contributed by atoms with Crippen molar-refractivity contribution in [1.82, 2.24) is 30.6 Å². The molecule has 0 saturated carbocycles. The van der Waals surface area contributed by atoms with E-state index in [2.05, 4.69) is 66.3 Å². The van der Waals surface area contributed by atoms with E-state index in [0.29, 0.717) is 104 Å². The highest BCUT2D eigenvalue weighted by molar-refractivity contribution is 6.11. The van der Waals surface area contributed by atoms with Crippen molar-refractivity contribution >= 4 is 97.2 Å². The molecule has 0 bridgehead atoms. The second kappa shape index (κ2) is 27.8. The topological polar surface area (TPSA) is 276 Å². The number of nitrogen functional groups attached to an aromatic ring is 1. The van der Waals surface area contributed by atoms with E-state index in [9.17, 15) is 24.0 Å². The van der Waals surface area contributed by atoms with Crippen molar-refractivity contribution in [2.24, 2.45) is 11.8 Å². The third-order valence-electron chi connectivity index (χ3n) is 16.5. The molecule has 5 amide bonds. The van der Waals surface area contributed by atoms with Gasteiger partial charge in [-0.3, -0.25) is 24.9 Å². The number of nitrogens with two attached hydrogens (primary N) is 1. The Hall–Kier alpha value is -9.67. The molecular weight excluding hydrogens is 1170 g/mol. The molecule has 11 rings (SSSR count). The van der Waals surface area contributed by atoms with Crippen LogP contribution in [0.1, 0.15) is 117 Å². The van der Waals surface area contributed by atoms with E-state index in [1.807, 2.05) is 113 Å². The molecule has 8 heterocycles. The maximum Gasteiger partial charge on any atom is 0.412 e. The van der Waals surface area contributed by atoms with Gasteiger partial charge in [0.2, 0.25) is 0 Å². The minimum Gasteiger partial charge on any atom is -0.444 e. The predicted molar refractivity (Wildman–Crippen MR) is 356 cm³/mol. The van der Waals surface area contributed by atoms with Crippen LogP contribution in [0.4, 0.5) is 48.5 Å². The third-order valence-corrected chi connectivity index (χ3v) is 16.5. The fourth-order valence-electron chi connectivity index (χ4n) is 12.5. The number of hydrogen-bond acceptors (Lipinski definition) is 17. The Labute approximate surface area is 535 Å². The summed E-state index contributed by atoms with van der Waals surface area (Å²) in [6.45, 7) is 17.9. The van der Waals surface area contributed by atoms with E-state index in [-0.39, 0.29) is 53.3 Å². The highest BCUT2D eigenvalue weighted by Crippen LogP contribution is 2.35. The lowest BCUT2D eigenvalue weighted by molar-refractivity contribution is 0.0363. The summed E-state index contributed by atoms with van der Waals surface area (Å²) in [6, 6.07) is 25.9. The molecule has 92 heavy (non-hydrogen) atoms. The zero-order chi connectivity index (χ0) is 64.7. The van der Waals surface area contributed by atoms with Crippen LogP contribution in [0.3, 0.4) is 0 Å². The number of benzene rings is 3. The molecule has 4 aliphatic heterocycles. The van der Waals surface area contributed by atoms with Crippen LogP contribution in [0.2, 0.25) is 0 Å². The second-order valence-electron chi connectivity index (χ2n) is 25.9. The number of nitrogens with one attached hydrogen (secondary N) is 5. The quantitative estimate of drug-likeness (QED) is 0.0491. The summed E-state index contributed by atoms with van der Waals surface area (Å²) in [4.78, 5) is 91.3. The second-order valence-corrected chi connectivity index (χ2v) is 25.9. The maximum absolute atomic E-state index is 14.6. The molecule has 22 heteroatoms. The minimum atomic E-state index is -0.914. The molecule has 4 aliphatic rings. The number of amides is 5. The largest absolute Gasteiger partial charge is 0.444 e. The third kappa shape index (κ3) is 16.3. The van der Waals surface area contributed by atoms with Crippen LogP contribution in [-0.2, 0) is 36.7 Å². The first-order valence-corrected chi connectivity index (χ1v) is 31.3. The summed E-state index contributed by atoms with van der Waals surface area (Å²) in [6.07, 6.45) is 12.1. The molecule has 2 fully saturated rings. The SMILES string of the molecule is CC1CC(NC(=O)OC(C)(C)Cc2ccc(COC(=O)Nc3cc4ccc(C5=CCOCC5)cc4nc3C(=O)Nc3cnccc3N3CC(C)CC(NC(=O)OC(C)(C)C)C3)cc2)CN(c2ccncc2NC(=O)c2nc3cc(C4=CCOCC4)ccc3cc2N)C1. The van der Waals surface area contributed by atoms with Crippen LogP contribution in [-0.4, -0.2) is 126 Å². The highest BCUT2D eigenvalue weighted by Gasteiger charge is 2.33. The van der Waals surface area contributed by atoms with Crippen LogP contribution in [0, 0.1) is 11.8 Å². The Kier molecular flexibility index (Phi) is 19.3. The molecule has 7 aromatic rings. The minimum absolute atomic E-state index is 0.0422. The van der Waals surface area contributed by atoms with E-state index < -0.39 is 41.3 Å². The summed E-state index contributed by atoms with van der Waals surface area (Å²) in [5, 5.41) is 16.5.